The number of rotatable bonds is 11. The van der Waals surface area contributed by atoms with E-state index in [0.29, 0.717) is 25.1 Å². The Balaban J connectivity index is 1.54. The Hall–Kier alpha value is -3.92. The highest BCUT2D eigenvalue weighted by molar-refractivity contribution is 5.85. The zero-order valence-corrected chi connectivity index (χ0v) is 20.1. The second-order valence-corrected chi connectivity index (χ2v) is 8.76. The van der Waals surface area contributed by atoms with Crippen molar-refractivity contribution in [2.45, 2.75) is 32.1 Å². The number of carboxylic acids is 1. The van der Waals surface area contributed by atoms with Crippen LogP contribution in [-0.2, 0) is 17.6 Å². The molecule has 0 bridgehead atoms. The Morgan fingerprint density at radius 3 is 2.26 bits per heavy atom. The summed E-state index contributed by atoms with van der Waals surface area (Å²) in [7, 11) is 1.63. The summed E-state index contributed by atoms with van der Waals surface area (Å²) in [6.07, 6.45) is 5.48. The molecular formula is C31H31NO3. The first-order valence-electron chi connectivity index (χ1n) is 12.1. The average molecular weight is 466 g/mol. The fourth-order valence-corrected chi connectivity index (χ4v) is 4.53. The molecule has 0 spiro atoms. The number of ether oxygens (including phenoxy) is 1. The first kappa shape index (κ1) is 24.2. The van der Waals surface area contributed by atoms with Crippen LogP contribution in [0.3, 0.4) is 0 Å². The quantitative estimate of drug-likeness (QED) is 0.257. The maximum absolute atomic E-state index is 11.9. The summed E-state index contributed by atoms with van der Waals surface area (Å²) >= 11 is 0. The third-order valence-corrected chi connectivity index (χ3v) is 6.42. The van der Waals surface area contributed by atoms with Gasteiger partial charge in [-0.3, -0.25) is 4.79 Å². The molecule has 178 valence electrons. The fraction of sp³-hybridized carbons (Fsp3) is 0.226. The number of hydrogen-bond donors (Lipinski definition) is 1. The molecule has 0 saturated carbocycles. The number of pyridine rings is 1. The molecule has 1 N–H and O–H groups in total. The van der Waals surface area contributed by atoms with Gasteiger partial charge in [-0.05, 0) is 72.1 Å². The van der Waals surface area contributed by atoms with Gasteiger partial charge in [-0.15, -0.1) is 0 Å². The van der Waals surface area contributed by atoms with Gasteiger partial charge in [-0.25, -0.2) is 4.98 Å². The molecule has 0 radical (unpaired) electrons. The van der Waals surface area contributed by atoms with E-state index in [1.54, 1.807) is 13.3 Å². The van der Waals surface area contributed by atoms with Gasteiger partial charge in [0.25, 0.3) is 0 Å². The standard InChI is InChI=1S/C31H31NO3/c1-35-30-28(16-9-21-32-30)29-22-24(18-20-27(29)25-13-6-3-7-14-25)17-19-26(31(33)34)15-8-12-23-10-4-2-5-11-23/h2-7,9-11,13-14,16,18,20-22,26H,8,12,15,17,19H2,1H3,(H,33,34). The molecule has 0 aliphatic carbocycles. The number of aromatic nitrogens is 1. The Kier molecular flexibility index (Phi) is 8.29. The SMILES string of the molecule is COc1ncccc1-c1cc(CCC(CCCc2ccccc2)C(=O)O)ccc1-c1ccccc1. The van der Waals surface area contributed by atoms with Gasteiger partial charge in [0.05, 0.1) is 13.0 Å². The van der Waals surface area contributed by atoms with Gasteiger partial charge in [-0.1, -0.05) is 78.9 Å². The first-order chi connectivity index (χ1) is 17.2. The number of methoxy groups -OCH3 is 1. The topological polar surface area (TPSA) is 59.4 Å². The van der Waals surface area contributed by atoms with Crippen molar-refractivity contribution < 1.29 is 14.6 Å². The van der Waals surface area contributed by atoms with Crippen molar-refractivity contribution in [3.05, 3.63) is 108 Å². The minimum atomic E-state index is -0.715. The van der Waals surface area contributed by atoms with Gasteiger partial charge in [0.1, 0.15) is 0 Å². The lowest BCUT2D eigenvalue weighted by Crippen LogP contribution is -2.15. The van der Waals surface area contributed by atoms with Gasteiger partial charge in [0.2, 0.25) is 5.88 Å². The molecular weight excluding hydrogens is 434 g/mol. The van der Waals surface area contributed by atoms with Gasteiger partial charge in [0, 0.05) is 11.8 Å². The summed E-state index contributed by atoms with van der Waals surface area (Å²) in [5.74, 6) is -0.497. The Morgan fingerprint density at radius 1 is 0.800 bits per heavy atom. The monoisotopic (exact) mass is 465 g/mol. The zero-order chi connectivity index (χ0) is 24.5. The maximum atomic E-state index is 11.9. The summed E-state index contributed by atoms with van der Waals surface area (Å²) in [6, 6.07) is 30.8. The summed E-state index contributed by atoms with van der Waals surface area (Å²) in [4.78, 5) is 16.3. The van der Waals surface area contributed by atoms with E-state index in [-0.39, 0.29) is 5.92 Å². The lowest BCUT2D eigenvalue weighted by molar-refractivity contribution is -0.142. The maximum Gasteiger partial charge on any atom is 0.306 e. The smallest absolute Gasteiger partial charge is 0.306 e. The van der Waals surface area contributed by atoms with E-state index < -0.39 is 5.97 Å². The van der Waals surface area contributed by atoms with Crippen LogP contribution in [0.2, 0.25) is 0 Å². The molecule has 1 unspecified atom stereocenters. The number of hydrogen-bond acceptors (Lipinski definition) is 3. The molecule has 1 heterocycles. The van der Waals surface area contributed by atoms with Crippen LogP contribution in [0.1, 0.15) is 30.4 Å². The van der Waals surface area contributed by atoms with E-state index in [2.05, 4.69) is 47.4 Å². The van der Waals surface area contributed by atoms with Crippen LogP contribution in [0.25, 0.3) is 22.3 Å². The predicted octanol–water partition coefficient (Wildman–Crippen LogP) is 7.08. The lowest BCUT2D eigenvalue weighted by Gasteiger charge is -2.16. The van der Waals surface area contributed by atoms with Crippen molar-refractivity contribution in [1.29, 1.82) is 0 Å². The average Bonchev–Trinajstić information content (AvgIpc) is 2.91. The summed E-state index contributed by atoms with van der Waals surface area (Å²) in [5.41, 5.74) is 6.54. The Bertz CT molecular complexity index is 1240. The highest BCUT2D eigenvalue weighted by atomic mass is 16.5. The van der Waals surface area contributed by atoms with Crippen LogP contribution in [0.5, 0.6) is 5.88 Å². The number of aliphatic carboxylic acids is 1. The number of benzene rings is 3. The molecule has 0 amide bonds. The summed E-state index contributed by atoms with van der Waals surface area (Å²) in [6.45, 7) is 0. The van der Waals surface area contributed by atoms with Crippen LogP contribution in [0.4, 0.5) is 0 Å². The van der Waals surface area contributed by atoms with Crippen LogP contribution >= 0.6 is 0 Å². The molecule has 4 rings (SSSR count). The molecule has 35 heavy (non-hydrogen) atoms. The molecule has 4 heteroatoms. The minimum Gasteiger partial charge on any atom is -0.481 e. The normalized spacial score (nSPS) is 11.7. The van der Waals surface area contributed by atoms with Crippen molar-refractivity contribution in [3.63, 3.8) is 0 Å². The lowest BCUT2D eigenvalue weighted by atomic mass is 9.89. The number of carbonyl (C=O) groups is 1. The van der Waals surface area contributed by atoms with Crippen LogP contribution < -0.4 is 4.74 Å². The largest absolute Gasteiger partial charge is 0.481 e. The molecule has 0 aliphatic heterocycles. The molecule has 4 aromatic rings. The third-order valence-electron chi connectivity index (χ3n) is 6.42. The van der Waals surface area contributed by atoms with E-state index in [1.807, 2.05) is 48.5 Å². The van der Waals surface area contributed by atoms with E-state index in [9.17, 15) is 9.90 Å². The van der Waals surface area contributed by atoms with E-state index in [0.717, 1.165) is 40.7 Å². The second-order valence-electron chi connectivity index (χ2n) is 8.76. The van der Waals surface area contributed by atoms with Crippen LogP contribution in [-0.4, -0.2) is 23.2 Å². The van der Waals surface area contributed by atoms with E-state index in [1.165, 1.54) is 5.56 Å². The molecule has 0 saturated heterocycles. The Labute approximate surface area is 207 Å². The summed E-state index contributed by atoms with van der Waals surface area (Å²) < 4.78 is 5.55. The number of carboxylic acid groups (broad SMARTS) is 1. The highest BCUT2D eigenvalue weighted by Crippen LogP contribution is 2.37. The number of aryl methyl sites for hydroxylation is 2. The molecule has 1 atom stereocenters. The van der Waals surface area contributed by atoms with Crippen molar-refractivity contribution in [2.24, 2.45) is 5.92 Å². The number of nitrogens with zero attached hydrogens (tertiary/aromatic N) is 1. The Morgan fingerprint density at radius 2 is 1.54 bits per heavy atom. The van der Waals surface area contributed by atoms with Gasteiger partial charge in [-0.2, -0.15) is 0 Å². The van der Waals surface area contributed by atoms with Crippen molar-refractivity contribution >= 4 is 5.97 Å². The van der Waals surface area contributed by atoms with Crippen LogP contribution in [0, 0.1) is 5.92 Å². The second kappa shape index (κ2) is 12.0. The van der Waals surface area contributed by atoms with E-state index in [4.69, 9.17) is 4.74 Å². The summed E-state index contributed by atoms with van der Waals surface area (Å²) in [5, 5.41) is 9.82. The van der Waals surface area contributed by atoms with Gasteiger partial charge < -0.3 is 9.84 Å². The van der Waals surface area contributed by atoms with Crippen LogP contribution in [0.15, 0.2) is 97.2 Å². The van der Waals surface area contributed by atoms with Crippen molar-refractivity contribution in [3.8, 4) is 28.1 Å². The zero-order valence-electron chi connectivity index (χ0n) is 20.1. The highest BCUT2D eigenvalue weighted by Gasteiger charge is 2.18. The van der Waals surface area contributed by atoms with Gasteiger partial charge >= 0.3 is 5.97 Å². The first-order valence-corrected chi connectivity index (χ1v) is 12.1. The predicted molar refractivity (Wildman–Crippen MR) is 140 cm³/mol. The van der Waals surface area contributed by atoms with Crippen molar-refractivity contribution in [2.75, 3.05) is 7.11 Å². The van der Waals surface area contributed by atoms with Gasteiger partial charge in [0.15, 0.2) is 0 Å². The molecule has 0 fully saturated rings. The van der Waals surface area contributed by atoms with E-state index >= 15 is 0 Å². The third kappa shape index (κ3) is 6.36. The minimum absolute atomic E-state index is 0.358. The fourth-order valence-electron chi connectivity index (χ4n) is 4.53. The molecule has 4 nitrogen and oxygen atoms in total. The molecule has 3 aromatic carbocycles. The molecule has 1 aromatic heterocycles. The molecule has 0 aliphatic rings. The van der Waals surface area contributed by atoms with Crippen molar-refractivity contribution in [1.82, 2.24) is 4.98 Å².